The number of nitrogens with two attached hydrogens (primary N) is 1. The van der Waals surface area contributed by atoms with Crippen molar-refractivity contribution in [3.8, 4) is 0 Å². The number of nitrogens with zero attached hydrogens (tertiary/aromatic N) is 1. The highest BCUT2D eigenvalue weighted by Crippen LogP contribution is 2.30. The predicted octanol–water partition coefficient (Wildman–Crippen LogP) is 2.04. The number of carbonyl (C=O) groups excluding carboxylic acids is 1. The Balaban J connectivity index is 1.90. The number of hydrogen-bond acceptors (Lipinski definition) is 4. The normalized spacial score (nSPS) is 15.7. The van der Waals surface area contributed by atoms with Gasteiger partial charge in [-0.3, -0.25) is 9.78 Å². The average Bonchev–Trinajstić information content (AvgIpc) is 3.27. The van der Waals surface area contributed by atoms with Gasteiger partial charge in [0.2, 0.25) is 5.91 Å². The molecule has 4 N–H and O–H groups in total. The van der Waals surface area contributed by atoms with E-state index in [4.69, 9.17) is 5.73 Å². The van der Waals surface area contributed by atoms with Crippen LogP contribution >= 0.6 is 0 Å². The molecule has 1 amide bonds. The fourth-order valence-electron chi connectivity index (χ4n) is 2.21. The standard InChI is InChI=1S/C15H17FN4O/c1-8(15(21)20-9-4-5-9)19-14-11(16)7-12(17)10-3-2-6-18-13(10)14/h2-3,6-9,19H,4-5,17H2,1H3,(H,20,21). The van der Waals surface area contributed by atoms with Crippen LogP contribution in [0.3, 0.4) is 0 Å². The summed E-state index contributed by atoms with van der Waals surface area (Å²) in [4.78, 5) is 16.1. The van der Waals surface area contributed by atoms with Gasteiger partial charge in [-0.1, -0.05) is 0 Å². The van der Waals surface area contributed by atoms with Crippen molar-refractivity contribution in [3.05, 3.63) is 30.2 Å². The van der Waals surface area contributed by atoms with Crippen LogP contribution in [0.4, 0.5) is 15.8 Å². The number of benzene rings is 1. The summed E-state index contributed by atoms with van der Waals surface area (Å²) in [6.07, 6.45) is 3.60. The summed E-state index contributed by atoms with van der Waals surface area (Å²) in [6.45, 7) is 1.70. The SMILES string of the molecule is CC(Nc1c(F)cc(N)c2cccnc12)C(=O)NC1CC1. The number of nitrogens with one attached hydrogen (secondary N) is 2. The molecule has 6 heteroatoms. The van der Waals surface area contributed by atoms with Crippen LogP contribution in [0.5, 0.6) is 0 Å². The molecule has 0 bridgehead atoms. The first-order chi connectivity index (χ1) is 10.1. The summed E-state index contributed by atoms with van der Waals surface area (Å²) in [5, 5.41) is 6.46. The molecular weight excluding hydrogens is 271 g/mol. The molecular formula is C15H17FN4O. The van der Waals surface area contributed by atoms with E-state index in [-0.39, 0.29) is 17.6 Å². The molecule has 1 aliphatic carbocycles. The van der Waals surface area contributed by atoms with Gasteiger partial charge in [-0.15, -0.1) is 0 Å². The molecule has 0 spiro atoms. The molecule has 1 unspecified atom stereocenters. The lowest BCUT2D eigenvalue weighted by molar-refractivity contribution is -0.121. The highest BCUT2D eigenvalue weighted by molar-refractivity contribution is 5.99. The lowest BCUT2D eigenvalue weighted by Crippen LogP contribution is -2.38. The van der Waals surface area contributed by atoms with Crippen molar-refractivity contribution < 1.29 is 9.18 Å². The molecule has 1 aromatic heterocycles. The number of carbonyl (C=O) groups is 1. The predicted molar refractivity (Wildman–Crippen MR) is 80.4 cm³/mol. The number of hydrogen-bond donors (Lipinski definition) is 3. The van der Waals surface area contributed by atoms with E-state index in [1.54, 1.807) is 25.3 Å². The Bertz CT molecular complexity index is 699. The average molecular weight is 288 g/mol. The van der Waals surface area contributed by atoms with Gasteiger partial charge >= 0.3 is 0 Å². The smallest absolute Gasteiger partial charge is 0.242 e. The van der Waals surface area contributed by atoms with Crippen LogP contribution < -0.4 is 16.4 Å². The molecule has 1 aliphatic rings. The first-order valence-electron chi connectivity index (χ1n) is 6.96. The monoisotopic (exact) mass is 288 g/mol. The largest absolute Gasteiger partial charge is 0.398 e. The van der Waals surface area contributed by atoms with Crippen molar-refractivity contribution in [3.63, 3.8) is 0 Å². The second-order valence-electron chi connectivity index (χ2n) is 5.37. The Hall–Kier alpha value is -2.37. The molecule has 0 aliphatic heterocycles. The third kappa shape index (κ3) is 2.74. The van der Waals surface area contributed by atoms with Gasteiger partial charge in [0.1, 0.15) is 6.04 Å². The lowest BCUT2D eigenvalue weighted by Gasteiger charge is -2.17. The molecule has 110 valence electrons. The number of anilines is 2. The summed E-state index contributed by atoms with van der Waals surface area (Å²) in [5.74, 6) is -0.650. The maximum absolute atomic E-state index is 14.2. The van der Waals surface area contributed by atoms with Crippen LogP contribution in [0.1, 0.15) is 19.8 Å². The number of amides is 1. The second-order valence-corrected chi connectivity index (χ2v) is 5.37. The van der Waals surface area contributed by atoms with Crippen LogP contribution in [0.2, 0.25) is 0 Å². The number of halogens is 1. The fourth-order valence-corrected chi connectivity index (χ4v) is 2.21. The topological polar surface area (TPSA) is 80.0 Å². The summed E-state index contributed by atoms with van der Waals surface area (Å²) in [5.41, 5.74) is 6.77. The molecule has 1 saturated carbocycles. The minimum Gasteiger partial charge on any atom is -0.398 e. The summed E-state index contributed by atoms with van der Waals surface area (Å²) >= 11 is 0. The zero-order valence-electron chi connectivity index (χ0n) is 11.7. The van der Waals surface area contributed by atoms with E-state index in [0.717, 1.165) is 12.8 Å². The van der Waals surface area contributed by atoms with Crippen LogP contribution in [0.15, 0.2) is 24.4 Å². The van der Waals surface area contributed by atoms with Gasteiger partial charge in [0.15, 0.2) is 5.82 Å². The summed E-state index contributed by atoms with van der Waals surface area (Å²) in [7, 11) is 0. The van der Waals surface area contributed by atoms with Gasteiger partial charge in [0.25, 0.3) is 0 Å². The molecule has 1 heterocycles. The van der Waals surface area contributed by atoms with Crippen molar-refractivity contribution in [1.29, 1.82) is 0 Å². The van der Waals surface area contributed by atoms with E-state index in [0.29, 0.717) is 16.6 Å². The highest BCUT2D eigenvalue weighted by atomic mass is 19.1. The zero-order chi connectivity index (χ0) is 15.0. The Morgan fingerprint density at radius 3 is 3.00 bits per heavy atom. The second kappa shape index (κ2) is 5.20. The van der Waals surface area contributed by atoms with Crippen molar-refractivity contribution in [1.82, 2.24) is 10.3 Å². The van der Waals surface area contributed by atoms with Gasteiger partial charge in [-0.2, -0.15) is 0 Å². The first-order valence-corrected chi connectivity index (χ1v) is 6.96. The minimum absolute atomic E-state index is 0.141. The molecule has 1 fully saturated rings. The van der Waals surface area contributed by atoms with Crippen LogP contribution in [-0.4, -0.2) is 23.0 Å². The Kier molecular flexibility index (Phi) is 3.37. The van der Waals surface area contributed by atoms with Crippen molar-refractivity contribution in [2.45, 2.75) is 31.8 Å². The number of fused-ring (bicyclic) bond motifs is 1. The van der Waals surface area contributed by atoms with E-state index < -0.39 is 11.9 Å². The van der Waals surface area contributed by atoms with Gasteiger partial charge in [0, 0.05) is 23.3 Å². The fraction of sp³-hybridized carbons (Fsp3) is 0.333. The minimum atomic E-state index is -0.547. The molecule has 1 aromatic carbocycles. The van der Waals surface area contributed by atoms with E-state index in [1.807, 2.05) is 0 Å². The number of pyridine rings is 1. The Morgan fingerprint density at radius 1 is 1.52 bits per heavy atom. The molecule has 0 saturated heterocycles. The molecule has 2 aromatic rings. The zero-order valence-corrected chi connectivity index (χ0v) is 11.7. The molecule has 0 radical (unpaired) electrons. The van der Waals surface area contributed by atoms with Gasteiger partial charge in [-0.25, -0.2) is 4.39 Å². The lowest BCUT2D eigenvalue weighted by atomic mass is 10.1. The molecule has 1 atom stereocenters. The van der Waals surface area contributed by atoms with Gasteiger partial charge in [-0.05, 0) is 38.0 Å². The van der Waals surface area contributed by atoms with Crippen LogP contribution in [-0.2, 0) is 4.79 Å². The highest BCUT2D eigenvalue weighted by Gasteiger charge is 2.26. The number of aromatic nitrogens is 1. The number of nitrogen functional groups attached to an aromatic ring is 1. The van der Waals surface area contributed by atoms with Crippen LogP contribution in [0.25, 0.3) is 10.9 Å². The molecule has 5 nitrogen and oxygen atoms in total. The van der Waals surface area contributed by atoms with Crippen molar-refractivity contribution in [2.24, 2.45) is 0 Å². The van der Waals surface area contributed by atoms with E-state index >= 15 is 0 Å². The Labute approximate surface area is 121 Å². The molecule has 3 rings (SSSR count). The third-order valence-corrected chi connectivity index (χ3v) is 3.55. The van der Waals surface area contributed by atoms with E-state index in [1.165, 1.54) is 6.07 Å². The Morgan fingerprint density at radius 2 is 2.29 bits per heavy atom. The molecule has 21 heavy (non-hydrogen) atoms. The van der Waals surface area contributed by atoms with Gasteiger partial charge < -0.3 is 16.4 Å². The van der Waals surface area contributed by atoms with E-state index in [2.05, 4.69) is 15.6 Å². The first kappa shape index (κ1) is 13.6. The summed E-state index contributed by atoms with van der Waals surface area (Å²) < 4.78 is 14.2. The summed E-state index contributed by atoms with van der Waals surface area (Å²) in [6, 6.07) is 4.49. The van der Waals surface area contributed by atoms with Crippen molar-refractivity contribution in [2.75, 3.05) is 11.1 Å². The quantitative estimate of drug-likeness (QED) is 0.752. The maximum atomic E-state index is 14.2. The van der Waals surface area contributed by atoms with Crippen molar-refractivity contribution >= 4 is 28.2 Å². The van der Waals surface area contributed by atoms with E-state index in [9.17, 15) is 9.18 Å². The van der Waals surface area contributed by atoms with Crippen LogP contribution in [0, 0.1) is 5.82 Å². The van der Waals surface area contributed by atoms with Gasteiger partial charge in [0.05, 0.1) is 11.2 Å². The third-order valence-electron chi connectivity index (χ3n) is 3.55. The maximum Gasteiger partial charge on any atom is 0.242 e. The number of rotatable bonds is 4.